The number of rotatable bonds is 0. The van der Waals surface area contributed by atoms with Crippen molar-refractivity contribution in [1.82, 2.24) is 0 Å². The molecule has 0 spiro atoms. The van der Waals surface area contributed by atoms with E-state index < -0.39 is 0 Å². The van der Waals surface area contributed by atoms with Crippen molar-refractivity contribution < 1.29 is 0 Å². The Morgan fingerprint density at radius 2 is 1.92 bits per heavy atom. The summed E-state index contributed by atoms with van der Waals surface area (Å²) in [7, 11) is 0. The van der Waals surface area contributed by atoms with E-state index >= 15 is 0 Å². The number of fused-ring (bicyclic) bond motifs is 1. The predicted octanol–water partition coefficient (Wildman–Crippen LogP) is 3.42. The molecule has 0 atom stereocenters. The highest BCUT2D eigenvalue weighted by atomic mass is 14.8. The van der Waals surface area contributed by atoms with E-state index in [1.807, 2.05) is 12.3 Å². The van der Waals surface area contributed by atoms with Crippen LogP contribution in [0.1, 0.15) is 19.4 Å². The van der Waals surface area contributed by atoms with Gasteiger partial charge >= 0.3 is 0 Å². The Morgan fingerprint density at radius 3 is 2.69 bits per heavy atom. The van der Waals surface area contributed by atoms with Crippen LogP contribution < -0.4 is 5.32 Å². The molecule has 1 aliphatic rings. The molecule has 0 fully saturated rings. The average Bonchev–Trinajstić information content (AvgIpc) is 2.17. The Labute approximate surface area is 78.8 Å². The van der Waals surface area contributed by atoms with Crippen molar-refractivity contribution in [1.29, 1.82) is 0 Å². The smallest absolute Gasteiger partial charge is 0.0459 e. The van der Waals surface area contributed by atoms with Crippen molar-refractivity contribution in [3.8, 4) is 0 Å². The second-order valence-corrected chi connectivity index (χ2v) is 3.44. The lowest BCUT2D eigenvalue weighted by molar-refractivity contribution is 1.37. The van der Waals surface area contributed by atoms with Gasteiger partial charge in [-0.25, -0.2) is 0 Å². The summed E-state index contributed by atoms with van der Waals surface area (Å²) in [4.78, 5) is 0. The maximum atomic E-state index is 3.23. The molecule has 0 radical (unpaired) electrons. The van der Waals surface area contributed by atoms with Gasteiger partial charge in [-0.05, 0) is 31.6 Å². The van der Waals surface area contributed by atoms with Crippen molar-refractivity contribution >= 4 is 11.3 Å². The van der Waals surface area contributed by atoms with Gasteiger partial charge in [-0.2, -0.15) is 0 Å². The Kier molecular flexibility index (Phi) is 1.93. The summed E-state index contributed by atoms with van der Waals surface area (Å²) in [5.41, 5.74) is 5.17. The topological polar surface area (TPSA) is 12.0 Å². The zero-order valence-electron chi connectivity index (χ0n) is 7.96. The zero-order valence-corrected chi connectivity index (χ0v) is 7.96. The highest BCUT2D eigenvalue weighted by Crippen LogP contribution is 2.30. The highest BCUT2D eigenvalue weighted by molar-refractivity contribution is 5.86. The number of hydrogen-bond acceptors (Lipinski definition) is 1. The monoisotopic (exact) mass is 171 g/mol. The molecule has 0 saturated carbocycles. The first-order valence-electron chi connectivity index (χ1n) is 4.49. The third-order valence-electron chi connectivity index (χ3n) is 2.24. The van der Waals surface area contributed by atoms with E-state index in [1.54, 1.807) is 0 Å². The van der Waals surface area contributed by atoms with Crippen LogP contribution in [0.15, 0.2) is 42.1 Å². The normalized spacial score (nSPS) is 13.5. The number of allylic oxidation sites excluding steroid dienone is 3. The average molecular weight is 171 g/mol. The van der Waals surface area contributed by atoms with E-state index in [0.29, 0.717) is 0 Å². The summed E-state index contributed by atoms with van der Waals surface area (Å²) in [5, 5.41) is 3.23. The first-order chi connectivity index (χ1) is 6.29. The fourth-order valence-corrected chi connectivity index (χ4v) is 1.58. The molecule has 66 valence electrons. The van der Waals surface area contributed by atoms with Gasteiger partial charge in [-0.3, -0.25) is 0 Å². The second-order valence-electron chi connectivity index (χ2n) is 3.44. The fraction of sp³-hybridized carbons (Fsp3) is 0.167. The van der Waals surface area contributed by atoms with Crippen LogP contribution in [0.4, 0.5) is 5.69 Å². The van der Waals surface area contributed by atoms with Crippen LogP contribution in [0.5, 0.6) is 0 Å². The van der Waals surface area contributed by atoms with Gasteiger partial charge in [-0.1, -0.05) is 23.8 Å². The standard InChI is InChI=1S/C12H13N/c1-9(2)10-7-8-13-12-6-4-3-5-11(10)12/h3-8,13H,1-2H3. The maximum Gasteiger partial charge on any atom is 0.0459 e. The Balaban J connectivity index is 2.62. The molecule has 0 unspecified atom stereocenters. The van der Waals surface area contributed by atoms with Crippen molar-refractivity contribution in [2.45, 2.75) is 13.8 Å². The first kappa shape index (κ1) is 8.11. The van der Waals surface area contributed by atoms with Crippen LogP contribution in [0.25, 0.3) is 5.57 Å². The van der Waals surface area contributed by atoms with Gasteiger partial charge in [0.05, 0.1) is 0 Å². The molecule has 1 aliphatic heterocycles. The molecule has 1 heteroatoms. The molecule has 1 aromatic carbocycles. The van der Waals surface area contributed by atoms with E-state index in [4.69, 9.17) is 0 Å². The molecule has 1 heterocycles. The molecule has 0 saturated heterocycles. The molecule has 1 N–H and O–H groups in total. The zero-order chi connectivity index (χ0) is 9.26. The van der Waals surface area contributed by atoms with Crippen LogP contribution in [-0.2, 0) is 0 Å². The van der Waals surface area contributed by atoms with E-state index in [9.17, 15) is 0 Å². The lowest BCUT2D eigenvalue weighted by atomic mass is 9.98. The van der Waals surface area contributed by atoms with Gasteiger partial charge in [0.25, 0.3) is 0 Å². The van der Waals surface area contributed by atoms with Crippen molar-refractivity contribution in [3.05, 3.63) is 47.7 Å². The lowest BCUT2D eigenvalue weighted by Crippen LogP contribution is -1.99. The van der Waals surface area contributed by atoms with Crippen LogP contribution in [0.2, 0.25) is 0 Å². The Morgan fingerprint density at radius 1 is 1.15 bits per heavy atom. The molecular weight excluding hydrogens is 158 g/mol. The molecule has 2 rings (SSSR count). The summed E-state index contributed by atoms with van der Waals surface area (Å²) in [6, 6.07) is 8.37. The highest BCUT2D eigenvalue weighted by Gasteiger charge is 2.08. The minimum absolute atomic E-state index is 1.20. The van der Waals surface area contributed by atoms with Crippen molar-refractivity contribution in [3.63, 3.8) is 0 Å². The quantitative estimate of drug-likeness (QED) is 0.630. The van der Waals surface area contributed by atoms with E-state index in [0.717, 1.165) is 0 Å². The minimum atomic E-state index is 1.20. The van der Waals surface area contributed by atoms with E-state index in [-0.39, 0.29) is 0 Å². The summed E-state index contributed by atoms with van der Waals surface area (Å²) in [6.07, 6.45) is 4.11. The molecule has 13 heavy (non-hydrogen) atoms. The summed E-state index contributed by atoms with van der Waals surface area (Å²) in [6.45, 7) is 4.28. The van der Waals surface area contributed by atoms with Crippen molar-refractivity contribution in [2.24, 2.45) is 0 Å². The number of anilines is 1. The molecule has 0 bridgehead atoms. The molecule has 1 aromatic rings. The molecular formula is C12H13N. The third kappa shape index (κ3) is 1.37. The number of nitrogens with one attached hydrogen (secondary N) is 1. The summed E-state index contributed by atoms with van der Waals surface area (Å²) < 4.78 is 0. The number of para-hydroxylation sites is 1. The van der Waals surface area contributed by atoms with E-state index in [1.165, 1.54) is 22.4 Å². The van der Waals surface area contributed by atoms with E-state index in [2.05, 4.69) is 43.4 Å². The predicted molar refractivity (Wildman–Crippen MR) is 57.5 cm³/mol. The molecule has 0 aromatic heterocycles. The number of hydrogen-bond donors (Lipinski definition) is 1. The largest absolute Gasteiger partial charge is 0.361 e. The van der Waals surface area contributed by atoms with Crippen molar-refractivity contribution in [2.75, 3.05) is 5.32 Å². The molecule has 0 amide bonds. The Bertz CT molecular complexity index is 382. The summed E-state index contributed by atoms with van der Waals surface area (Å²) >= 11 is 0. The van der Waals surface area contributed by atoms with Gasteiger partial charge in [0.2, 0.25) is 0 Å². The number of benzene rings is 1. The van der Waals surface area contributed by atoms with Crippen LogP contribution >= 0.6 is 0 Å². The molecule has 0 aliphatic carbocycles. The van der Waals surface area contributed by atoms with Gasteiger partial charge in [0.1, 0.15) is 0 Å². The van der Waals surface area contributed by atoms with Crippen LogP contribution in [0, 0.1) is 0 Å². The Hall–Kier alpha value is -1.50. The summed E-state index contributed by atoms with van der Waals surface area (Å²) in [5.74, 6) is 0. The first-order valence-corrected chi connectivity index (χ1v) is 4.49. The van der Waals surface area contributed by atoms with Gasteiger partial charge in [0.15, 0.2) is 0 Å². The van der Waals surface area contributed by atoms with Gasteiger partial charge < -0.3 is 5.32 Å². The molecule has 1 nitrogen and oxygen atoms in total. The fourth-order valence-electron chi connectivity index (χ4n) is 1.58. The third-order valence-corrected chi connectivity index (χ3v) is 2.24. The maximum absolute atomic E-state index is 3.23. The second kappa shape index (κ2) is 3.09. The SMILES string of the molecule is CC(C)=C1C=CNc2ccccc21. The lowest BCUT2D eigenvalue weighted by Gasteiger charge is -2.16. The van der Waals surface area contributed by atoms with Crippen LogP contribution in [0.3, 0.4) is 0 Å². The minimum Gasteiger partial charge on any atom is -0.361 e. The van der Waals surface area contributed by atoms with Gasteiger partial charge in [-0.15, -0.1) is 0 Å². The van der Waals surface area contributed by atoms with Gasteiger partial charge in [0, 0.05) is 17.5 Å². The van der Waals surface area contributed by atoms with Crippen LogP contribution in [-0.4, -0.2) is 0 Å².